The van der Waals surface area contributed by atoms with Gasteiger partial charge in [-0.3, -0.25) is 4.99 Å². The molecule has 2 nitrogen and oxygen atoms in total. The Kier molecular flexibility index (Phi) is 10.9. The SMILES string of the molecule is CCCC(N=C(/C(CC)=C(\C)c1ccccc1)c1ccc(C2=CCC(C)C=C2)cc1)c1ccc2c(c1)oc1cccc(-c3ccc4sc5cc(-c6ccccc6)ccc5c4c3)c12. The second kappa shape index (κ2) is 17.1. The lowest BCUT2D eigenvalue weighted by atomic mass is 9.90. The van der Waals surface area contributed by atoms with Gasteiger partial charge < -0.3 is 4.42 Å². The Morgan fingerprint density at radius 1 is 0.661 bits per heavy atom. The van der Waals surface area contributed by atoms with Crippen molar-refractivity contribution < 1.29 is 4.42 Å². The summed E-state index contributed by atoms with van der Waals surface area (Å²) in [5.41, 5.74) is 16.4. The summed E-state index contributed by atoms with van der Waals surface area (Å²) in [4.78, 5) is 5.76. The van der Waals surface area contributed by atoms with Crippen molar-refractivity contribution in [1.29, 1.82) is 0 Å². The van der Waals surface area contributed by atoms with E-state index in [1.165, 1.54) is 75.8 Å². The van der Waals surface area contributed by atoms with Crippen LogP contribution in [0.1, 0.15) is 81.7 Å². The molecule has 0 bridgehead atoms. The summed E-state index contributed by atoms with van der Waals surface area (Å²) in [6.07, 6.45) is 10.8. The summed E-state index contributed by atoms with van der Waals surface area (Å²) in [7, 11) is 0. The van der Waals surface area contributed by atoms with Gasteiger partial charge in [-0.2, -0.15) is 0 Å². The maximum absolute atomic E-state index is 6.75. The standard InChI is InChI=1S/C59H51NOS/c1-5-14-53(60-59(48(6-2)39(4)40-15-9-7-10-16-40)44-27-25-43(26-28-44)42-23-21-38(3)22-24-42)47-30-33-51-55(36-47)61-54-20-13-19-49(58(51)54)46-31-34-56-52(35-46)50-32-29-45(37-57(50)62-56)41-17-11-8-12-18-41/h7-13,15-21,23-38,53H,5-6,14,22H2,1-4H3/b48-39+,60-59?. The van der Waals surface area contributed by atoms with E-state index in [0.717, 1.165) is 58.9 Å². The van der Waals surface area contributed by atoms with E-state index in [1.54, 1.807) is 0 Å². The molecule has 10 rings (SSSR count). The molecular formula is C59H51NOS. The minimum absolute atomic E-state index is 0.0426. The number of rotatable bonds is 11. The quantitative estimate of drug-likeness (QED) is 0.119. The lowest BCUT2D eigenvalue weighted by Crippen LogP contribution is -2.10. The van der Waals surface area contributed by atoms with E-state index in [-0.39, 0.29) is 6.04 Å². The zero-order valence-electron chi connectivity index (χ0n) is 36.0. The topological polar surface area (TPSA) is 25.5 Å². The van der Waals surface area contributed by atoms with E-state index in [1.807, 2.05) is 11.3 Å². The lowest BCUT2D eigenvalue weighted by Gasteiger charge is -2.20. The Morgan fingerprint density at radius 2 is 1.42 bits per heavy atom. The lowest BCUT2D eigenvalue weighted by molar-refractivity contribution is 0.635. The van der Waals surface area contributed by atoms with Crippen LogP contribution in [-0.4, -0.2) is 5.71 Å². The van der Waals surface area contributed by atoms with Crippen LogP contribution in [0.3, 0.4) is 0 Å². The van der Waals surface area contributed by atoms with Crippen molar-refractivity contribution in [3.63, 3.8) is 0 Å². The highest BCUT2D eigenvalue weighted by Gasteiger charge is 2.21. The van der Waals surface area contributed by atoms with Crippen LogP contribution in [0.2, 0.25) is 0 Å². The summed E-state index contributed by atoms with van der Waals surface area (Å²) in [6.45, 7) is 9.05. The Hall–Kier alpha value is -6.55. The van der Waals surface area contributed by atoms with Gasteiger partial charge in [0, 0.05) is 36.5 Å². The normalized spacial score (nSPS) is 15.4. The van der Waals surface area contributed by atoms with Crippen LogP contribution in [0, 0.1) is 5.92 Å². The van der Waals surface area contributed by atoms with Gasteiger partial charge in [0.15, 0.2) is 0 Å². The van der Waals surface area contributed by atoms with Crippen molar-refractivity contribution in [2.75, 3.05) is 0 Å². The Bertz CT molecular complexity index is 3210. The fourth-order valence-electron chi connectivity index (χ4n) is 9.34. The molecule has 0 aliphatic heterocycles. The van der Waals surface area contributed by atoms with Gasteiger partial charge in [0.2, 0.25) is 0 Å². The summed E-state index contributed by atoms with van der Waals surface area (Å²) < 4.78 is 9.36. The number of hydrogen-bond acceptors (Lipinski definition) is 3. The van der Waals surface area contributed by atoms with Gasteiger partial charge in [-0.05, 0) is 118 Å². The molecule has 304 valence electrons. The molecular weight excluding hydrogens is 771 g/mol. The number of aliphatic imine (C=N–C) groups is 1. The zero-order chi connectivity index (χ0) is 42.2. The molecule has 2 heterocycles. The van der Waals surface area contributed by atoms with Crippen LogP contribution in [-0.2, 0) is 0 Å². The first-order valence-corrected chi connectivity index (χ1v) is 23.1. The Morgan fingerprint density at radius 3 is 2.18 bits per heavy atom. The van der Waals surface area contributed by atoms with Gasteiger partial charge in [0.25, 0.3) is 0 Å². The molecule has 1 aliphatic rings. The predicted octanol–water partition coefficient (Wildman–Crippen LogP) is 17.5. The molecule has 1 aliphatic carbocycles. The molecule has 0 fully saturated rings. The zero-order valence-corrected chi connectivity index (χ0v) is 36.8. The average Bonchev–Trinajstić information content (AvgIpc) is 3.89. The maximum atomic E-state index is 6.75. The fourth-order valence-corrected chi connectivity index (χ4v) is 10.5. The molecule has 7 aromatic carbocycles. The van der Waals surface area contributed by atoms with Crippen molar-refractivity contribution >= 4 is 70.3 Å². The highest BCUT2D eigenvalue weighted by atomic mass is 32.1. The molecule has 0 amide bonds. The Labute approximate surface area is 369 Å². The van der Waals surface area contributed by atoms with Crippen molar-refractivity contribution in [3.8, 4) is 22.3 Å². The first-order chi connectivity index (χ1) is 30.4. The number of fused-ring (bicyclic) bond motifs is 6. The first kappa shape index (κ1) is 39.6. The second-order valence-electron chi connectivity index (χ2n) is 16.8. The number of furan rings is 1. The third kappa shape index (κ3) is 7.56. The molecule has 62 heavy (non-hydrogen) atoms. The van der Waals surface area contributed by atoms with Crippen molar-refractivity contribution in [2.45, 2.75) is 59.4 Å². The Balaban J connectivity index is 1.05. The second-order valence-corrected chi connectivity index (χ2v) is 17.9. The van der Waals surface area contributed by atoms with E-state index < -0.39 is 0 Å². The third-order valence-corrected chi connectivity index (χ3v) is 13.9. The molecule has 9 aromatic rings. The van der Waals surface area contributed by atoms with Crippen LogP contribution in [0.15, 0.2) is 191 Å². The predicted molar refractivity (Wildman–Crippen MR) is 268 cm³/mol. The third-order valence-electron chi connectivity index (χ3n) is 12.7. The van der Waals surface area contributed by atoms with Crippen molar-refractivity contribution in [3.05, 3.63) is 204 Å². The molecule has 0 spiro atoms. The van der Waals surface area contributed by atoms with E-state index in [0.29, 0.717) is 5.92 Å². The van der Waals surface area contributed by atoms with E-state index in [2.05, 4.69) is 204 Å². The van der Waals surface area contributed by atoms with E-state index in [9.17, 15) is 0 Å². The summed E-state index contributed by atoms with van der Waals surface area (Å²) >= 11 is 1.87. The van der Waals surface area contributed by atoms with Crippen molar-refractivity contribution in [2.24, 2.45) is 10.9 Å². The number of allylic oxidation sites excluding steroid dienone is 6. The number of nitrogens with zero attached hydrogens (tertiary/aromatic N) is 1. The molecule has 0 N–H and O–H groups in total. The highest BCUT2D eigenvalue weighted by molar-refractivity contribution is 7.25. The molecule has 2 unspecified atom stereocenters. The summed E-state index contributed by atoms with van der Waals surface area (Å²) in [6, 6.07) is 57.6. The highest BCUT2D eigenvalue weighted by Crippen LogP contribution is 2.42. The number of thiophene rings is 1. The van der Waals surface area contributed by atoms with Crippen LogP contribution >= 0.6 is 11.3 Å². The molecule has 3 heteroatoms. The maximum Gasteiger partial charge on any atom is 0.136 e. The van der Waals surface area contributed by atoms with Crippen LogP contribution in [0.4, 0.5) is 0 Å². The van der Waals surface area contributed by atoms with Gasteiger partial charge in [0.1, 0.15) is 11.2 Å². The largest absolute Gasteiger partial charge is 0.456 e. The fraction of sp³-hybridized carbons (Fsp3) is 0.169. The molecule has 0 radical (unpaired) electrons. The van der Waals surface area contributed by atoms with E-state index >= 15 is 0 Å². The minimum Gasteiger partial charge on any atom is -0.456 e. The smallest absolute Gasteiger partial charge is 0.136 e. The van der Waals surface area contributed by atoms with Gasteiger partial charge in [-0.15, -0.1) is 11.3 Å². The van der Waals surface area contributed by atoms with Gasteiger partial charge in [-0.1, -0.05) is 173 Å². The monoisotopic (exact) mass is 821 g/mol. The molecule has 2 atom stereocenters. The molecule has 2 aromatic heterocycles. The van der Waals surface area contributed by atoms with Crippen LogP contribution in [0.5, 0.6) is 0 Å². The van der Waals surface area contributed by atoms with Crippen LogP contribution in [0.25, 0.3) is 75.5 Å². The van der Waals surface area contributed by atoms with Crippen molar-refractivity contribution in [1.82, 2.24) is 0 Å². The average molecular weight is 822 g/mol. The van der Waals surface area contributed by atoms with Gasteiger partial charge >= 0.3 is 0 Å². The summed E-state index contributed by atoms with van der Waals surface area (Å²) in [5.74, 6) is 0.587. The van der Waals surface area contributed by atoms with Gasteiger partial charge in [0.05, 0.1) is 11.8 Å². The molecule has 0 saturated carbocycles. The van der Waals surface area contributed by atoms with Gasteiger partial charge in [-0.25, -0.2) is 0 Å². The number of benzene rings is 7. The van der Waals surface area contributed by atoms with E-state index in [4.69, 9.17) is 9.41 Å². The summed E-state index contributed by atoms with van der Waals surface area (Å²) in [5, 5.41) is 4.88. The molecule has 0 saturated heterocycles. The number of hydrogen-bond donors (Lipinski definition) is 0. The minimum atomic E-state index is -0.0426. The van der Waals surface area contributed by atoms with Crippen LogP contribution < -0.4 is 0 Å². The first-order valence-electron chi connectivity index (χ1n) is 22.3.